The summed E-state index contributed by atoms with van der Waals surface area (Å²) in [4.78, 5) is 30.2. The SMILES string of the molecule is O=C1NC(SCC(=O)N2CCCCCC2)=NC2N=NC=C12. The van der Waals surface area contributed by atoms with Crippen molar-refractivity contribution in [3.63, 3.8) is 0 Å². The molecule has 3 aliphatic heterocycles. The number of carbonyl (C=O) groups excluding carboxylic acids is 2. The third-order valence-electron chi connectivity index (χ3n) is 3.66. The first-order valence-corrected chi connectivity index (χ1v) is 8.12. The van der Waals surface area contributed by atoms with Gasteiger partial charge < -0.3 is 10.2 Å². The number of amidine groups is 1. The topological polar surface area (TPSA) is 86.5 Å². The molecule has 1 atom stereocenters. The zero-order valence-corrected chi connectivity index (χ0v) is 12.4. The average Bonchev–Trinajstić information content (AvgIpc) is 2.79. The Labute approximate surface area is 127 Å². The number of carbonyl (C=O) groups is 2. The molecule has 0 aliphatic carbocycles. The van der Waals surface area contributed by atoms with Crippen LogP contribution in [0.4, 0.5) is 0 Å². The van der Waals surface area contributed by atoms with Crippen molar-refractivity contribution in [1.82, 2.24) is 10.2 Å². The van der Waals surface area contributed by atoms with E-state index in [1.807, 2.05) is 4.90 Å². The summed E-state index contributed by atoms with van der Waals surface area (Å²) in [7, 11) is 0. The van der Waals surface area contributed by atoms with Gasteiger partial charge in [0.25, 0.3) is 5.91 Å². The highest BCUT2D eigenvalue weighted by atomic mass is 32.2. The van der Waals surface area contributed by atoms with Gasteiger partial charge in [-0.15, -0.1) is 0 Å². The van der Waals surface area contributed by atoms with Crippen molar-refractivity contribution in [3.05, 3.63) is 11.8 Å². The Balaban J connectivity index is 1.55. The monoisotopic (exact) mass is 307 g/mol. The molecule has 1 N–H and O–H groups in total. The fourth-order valence-electron chi connectivity index (χ4n) is 2.49. The van der Waals surface area contributed by atoms with Gasteiger partial charge in [-0.25, -0.2) is 4.99 Å². The summed E-state index contributed by atoms with van der Waals surface area (Å²) in [5, 5.41) is 10.7. The molecule has 0 aromatic carbocycles. The molecule has 1 unspecified atom stereocenters. The number of likely N-dealkylation sites (tertiary alicyclic amines) is 1. The van der Waals surface area contributed by atoms with Crippen molar-refractivity contribution in [2.45, 2.75) is 31.8 Å². The molecule has 112 valence electrons. The lowest BCUT2D eigenvalue weighted by Crippen LogP contribution is -2.39. The van der Waals surface area contributed by atoms with Crippen molar-refractivity contribution in [2.24, 2.45) is 15.2 Å². The molecule has 0 bridgehead atoms. The second kappa shape index (κ2) is 6.38. The molecule has 1 saturated heterocycles. The van der Waals surface area contributed by atoms with E-state index in [0.29, 0.717) is 16.5 Å². The molecule has 2 amide bonds. The minimum atomic E-state index is -0.533. The predicted octanol–water partition coefficient (Wildman–Crippen LogP) is 1.28. The van der Waals surface area contributed by atoms with Gasteiger partial charge >= 0.3 is 0 Å². The normalized spacial score (nSPS) is 24.9. The lowest BCUT2D eigenvalue weighted by Gasteiger charge is -2.21. The number of amides is 2. The van der Waals surface area contributed by atoms with Crippen LogP contribution in [0.3, 0.4) is 0 Å². The molecule has 3 rings (SSSR count). The summed E-state index contributed by atoms with van der Waals surface area (Å²) in [6.07, 6.45) is 5.43. The maximum Gasteiger partial charge on any atom is 0.258 e. The van der Waals surface area contributed by atoms with E-state index in [0.717, 1.165) is 25.9 Å². The summed E-state index contributed by atoms with van der Waals surface area (Å²) in [6.45, 7) is 1.67. The molecule has 3 heterocycles. The van der Waals surface area contributed by atoms with Gasteiger partial charge in [0.1, 0.15) is 0 Å². The Morgan fingerprint density at radius 1 is 1.33 bits per heavy atom. The molecule has 1 fully saturated rings. The van der Waals surface area contributed by atoms with E-state index in [1.54, 1.807) is 0 Å². The van der Waals surface area contributed by atoms with Crippen LogP contribution in [0.25, 0.3) is 0 Å². The molecule has 0 spiro atoms. The summed E-state index contributed by atoms with van der Waals surface area (Å²) >= 11 is 1.26. The first-order valence-electron chi connectivity index (χ1n) is 7.14. The smallest absolute Gasteiger partial charge is 0.258 e. The van der Waals surface area contributed by atoms with Crippen LogP contribution in [-0.4, -0.2) is 46.9 Å². The minimum Gasteiger partial charge on any atom is -0.342 e. The highest BCUT2D eigenvalue weighted by Crippen LogP contribution is 2.22. The van der Waals surface area contributed by atoms with Gasteiger partial charge in [0.15, 0.2) is 11.3 Å². The lowest BCUT2D eigenvalue weighted by atomic mass is 10.2. The summed E-state index contributed by atoms with van der Waals surface area (Å²) in [5.41, 5.74) is 0.457. The van der Waals surface area contributed by atoms with Gasteiger partial charge in [-0.2, -0.15) is 10.2 Å². The van der Waals surface area contributed by atoms with Crippen LogP contribution in [0.1, 0.15) is 25.7 Å². The van der Waals surface area contributed by atoms with Crippen LogP contribution in [0.15, 0.2) is 27.0 Å². The molecule has 0 radical (unpaired) electrons. The maximum absolute atomic E-state index is 12.2. The third-order valence-corrected chi connectivity index (χ3v) is 4.54. The molecule has 0 aromatic heterocycles. The molecule has 0 saturated carbocycles. The van der Waals surface area contributed by atoms with E-state index in [2.05, 4.69) is 20.5 Å². The van der Waals surface area contributed by atoms with Gasteiger partial charge in [-0.1, -0.05) is 24.6 Å². The Hall–Kier alpha value is -1.70. The van der Waals surface area contributed by atoms with Crippen molar-refractivity contribution in [2.75, 3.05) is 18.8 Å². The van der Waals surface area contributed by atoms with E-state index >= 15 is 0 Å². The summed E-state index contributed by atoms with van der Waals surface area (Å²) < 4.78 is 0. The van der Waals surface area contributed by atoms with Crippen molar-refractivity contribution in [3.8, 4) is 0 Å². The first kappa shape index (κ1) is 14.2. The highest BCUT2D eigenvalue weighted by Gasteiger charge is 2.30. The Bertz CT molecular complexity index is 535. The second-order valence-corrected chi connectivity index (χ2v) is 6.13. The fraction of sp³-hybridized carbons (Fsp3) is 0.615. The Morgan fingerprint density at radius 2 is 2.10 bits per heavy atom. The van der Waals surface area contributed by atoms with Gasteiger partial charge in [0.2, 0.25) is 5.91 Å². The van der Waals surface area contributed by atoms with E-state index in [9.17, 15) is 9.59 Å². The average molecular weight is 307 g/mol. The summed E-state index contributed by atoms with van der Waals surface area (Å²) in [6, 6.07) is 0. The van der Waals surface area contributed by atoms with Crippen LogP contribution < -0.4 is 5.32 Å². The van der Waals surface area contributed by atoms with Crippen molar-refractivity contribution in [1.29, 1.82) is 0 Å². The van der Waals surface area contributed by atoms with Gasteiger partial charge in [-0.3, -0.25) is 9.59 Å². The Morgan fingerprint density at radius 3 is 2.86 bits per heavy atom. The first-order chi connectivity index (χ1) is 10.2. The molecular weight excluding hydrogens is 290 g/mol. The molecule has 21 heavy (non-hydrogen) atoms. The van der Waals surface area contributed by atoms with E-state index in [1.165, 1.54) is 30.8 Å². The molecule has 8 heteroatoms. The molecule has 7 nitrogen and oxygen atoms in total. The second-order valence-electron chi connectivity index (χ2n) is 5.16. The number of nitrogens with zero attached hydrogens (tertiary/aromatic N) is 4. The van der Waals surface area contributed by atoms with Gasteiger partial charge in [0, 0.05) is 13.1 Å². The van der Waals surface area contributed by atoms with Crippen molar-refractivity contribution >= 4 is 28.7 Å². The van der Waals surface area contributed by atoms with Crippen LogP contribution in [0.2, 0.25) is 0 Å². The molecule has 0 aromatic rings. The number of azo groups is 1. The van der Waals surface area contributed by atoms with E-state index in [-0.39, 0.29) is 11.8 Å². The van der Waals surface area contributed by atoms with Crippen LogP contribution in [0, 0.1) is 0 Å². The number of rotatable bonds is 2. The molecular formula is C13H17N5O2S. The number of fused-ring (bicyclic) bond motifs is 1. The number of thioether (sulfide) groups is 1. The van der Waals surface area contributed by atoms with Crippen LogP contribution in [0.5, 0.6) is 0 Å². The minimum absolute atomic E-state index is 0.105. The molecule has 3 aliphatic rings. The number of hydrogen-bond donors (Lipinski definition) is 1. The Kier molecular flexibility index (Phi) is 4.33. The predicted molar refractivity (Wildman–Crippen MR) is 79.8 cm³/mol. The number of hydrogen-bond acceptors (Lipinski definition) is 6. The summed E-state index contributed by atoms with van der Waals surface area (Å²) in [5.74, 6) is 0.167. The van der Waals surface area contributed by atoms with Crippen molar-refractivity contribution < 1.29 is 9.59 Å². The lowest BCUT2D eigenvalue weighted by molar-refractivity contribution is -0.128. The fourth-order valence-corrected chi connectivity index (χ4v) is 3.27. The maximum atomic E-state index is 12.2. The quantitative estimate of drug-likeness (QED) is 0.834. The van der Waals surface area contributed by atoms with E-state index in [4.69, 9.17) is 0 Å². The highest BCUT2D eigenvalue weighted by molar-refractivity contribution is 8.14. The van der Waals surface area contributed by atoms with E-state index < -0.39 is 6.17 Å². The zero-order chi connectivity index (χ0) is 14.7. The largest absolute Gasteiger partial charge is 0.342 e. The van der Waals surface area contributed by atoms with Crippen LogP contribution >= 0.6 is 11.8 Å². The third kappa shape index (κ3) is 3.31. The zero-order valence-electron chi connectivity index (χ0n) is 11.6. The van der Waals surface area contributed by atoms with Gasteiger partial charge in [0.05, 0.1) is 17.5 Å². The van der Waals surface area contributed by atoms with Gasteiger partial charge in [-0.05, 0) is 12.8 Å². The number of aliphatic imine (C=N–C) groups is 1. The number of nitrogens with one attached hydrogen (secondary N) is 1. The van der Waals surface area contributed by atoms with Crippen LogP contribution in [-0.2, 0) is 9.59 Å². The standard InChI is InChI=1S/C13H17N5O2S/c19-10(18-5-3-1-2-4-6-18)8-21-13-15-11-9(7-14-17-11)12(20)16-13/h7,11H,1-6,8H2,(H,15,16,20).